The molecule has 1 saturated carbocycles. The maximum Gasteiger partial charge on any atom is 0.317 e. The fourth-order valence-electron chi connectivity index (χ4n) is 3.40. The Morgan fingerprint density at radius 3 is 2.93 bits per heavy atom. The molecule has 4 heteroatoms. The van der Waals surface area contributed by atoms with Crippen LogP contribution in [0.25, 0.3) is 0 Å². The monoisotopic (exact) mass is 209 g/mol. The van der Waals surface area contributed by atoms with E-state index in [2.05, 4.69) is 15.5 Å². The molecular formula is C11H19N3O. The summed E-state index contributed by atoms with van der Waals surface area (Å²) < 4.78 is 0. The third-order valence-electron chi connectivity index (χ3n) is 4.15. The molecule has 1 aliphatic carbocycles. The highest BCUT2D eigenvalue weighted by Gasteiger charge is 2.42. The van der Waals surface area contributed by atoms with Gasteiger partial charge in [0.1, 0.15) is 0 Å². The van der Waals surface area contributed by atoms with E-state index in [0.29, 0.717) is 18.0 Å². The van der Waals surface area contributed by atoms with Crippen LogP contribution in [0.5, 0.6) is 0 Å². The second kappa shape index (κ2) is 3.67. The summed E-state index contributed by atoms with van der Waals surface area (Å²) in [4.78, 5) is 14.1. The highest BCUT2D eigenvalue weighted by atomic mass is 16.2. The summed E-state index contributed by atoms with van der Waals surface area (Å²) in [6.07, 6.45) is 4.92. The first kappa shape index (κ1) is 9.46. The van der Waals surface area contributed by atoms with Crippen LogP contribution in [0.2, 0.25) is 0 Å². The molecule has 2 saturated heterocycles. The molecule has 2 heterocycles. The van der Waals surface area contributed by atoms with Gasteiger partial charge in [-0.2, -0.15) is 0 Å². The Morgan fingerprint density at radius 2 is 2.13 bits per heavy atom. The largest absolute Gasteiger partial charge is 0.338 e. The maximum absolute atomic E-state index is 11.9. The molecular weight excluding hydrogens is 190 g/mol. The number of hydrogen-bond acceptors (Lipinski definition) is 2. The first-order valence-electron chi connectivity index (χ1n) is 6.13. The minimum atomic E-state index is 0.173. The molecule has 2 amide bonds. The molecule has 2 aliphatic heterocycles. The van der Waals surface area contributed by atoms with Gasteiger partial charge in [-0.3, -0.25) is 0 Å². The van der Waals surface area contributed by atoms with Crippen molar-refractivity contribution in [1.29, 1.82) is 0 Å². The standard InChI is InChI=1S/C11H19N3O/c15-11-13-6-8-2-1-3-10(8)14(11)9-4-5-12-7-9/h8-10,12H,1-7H2,(H,13,15). The molecule has 0 aromatic carbocycles. The Balaban J connectivity index is 1.79. The van der Waals surface area contributed by atoms with Crippen LogP contribution in [0.1, 0.15) is 25.7 Å². The van der Waals surface area contributed by atoms with Crippen molar-refractivity contribution in [3.8, 4) is 0 Å². The number of rotatable bonds is 1. The quantitative estimate of drug-likeness (QED) is 0.662. The fourth-order valence-corrected chi connectivity index (χ4v) is 3.40. The van der Waals surface area contributed by atoms with E-state index in [1.807, 2.05) is 0 Å². The van der Waals surface area contributed by atoms with Crippen LogP contribution >= 0.6 is 0 Å². The Labute approximate surface area is 90.4 Å². The number of fused-ring (bicyclic) bond motifs is 1. The summed E-state index contributed by atoms with van der Waals surface area (Å²) in [6.45, 7) is 2.95. The van der Waals surface area contributed by atoms with Gasteiger partial charge in [0.2, 0.25) is 0 Å². The van der Waals surface area contributed by atoms with Crippen LogP contribution in [0, 0.1) is 5.92 Å². The van der Waals surface area contributed by atoms with Crippen molar-refractivity contribution in [2.75, 3.05) is 19.6 Å². The average Bonchev–Trinajstić information content (AvgIpc) is 2.85. The lowest BCUT2D eigenvalue weighted by atomic mass is 9.98. The lowest BCUT2D eigenvalue weighted by Gasteiger charge is -2.41. The zero-order valence-corrected chi connectivity index (χ0v) is 9.04. The van der Waals surface area contributed by atoms with Crippen LogP contribution in [0.4, 0.5) is 4.79 Å². The van der Waals surface area contributed by atoms with Gasteiger partial charge in [-0.05, 0) is 31.7 Å². The molecule has 3 aliphatic rings. The van der Waals surface area contributed by atoms with Crippen molar-refractivity contribution < 1.29 is 4.79 Å². The molecule has 2 N–H and O–H groups in total. The van der Waals surface area contributed by atoms with E-state index >= 15 is 0 Å². The van der Waals surface area contributed by atoms with Crippen molar-refractivity contribution in [3.05, 3.63) is 0 Å². The second-order valence-electron chi connectivity index (χ2n) is 5.00. The van der Waals surface area contributed by atoms with Gasteiger partial charge in [0.25, 0.3) is 0 Å². The zero-order valence-electron chi connectivity index (χ0n) is 9.04. The van der Waals surface area contributed by atoms with E-state index in [9.17, 15) is 4.79 Å². The number of carbonyl (C=O) groups excluding carboxylic acids is 1. The number of hydrogen-bond donors (Lipinski definition) is 2. The lowest BCUT2D eigenvalue weighted by Crippen LogP contribution is -2.59. The van der Waals surface area contributed by atoms with Gasteiger partial charge in [-0.1, -0.05) is 6.42 Å². The molecule has 84 valence electrons. The molecule has 0 aromatic heterocycles. The summed E-state index contributed by atoms with van der Waals surface area (Å²) in [6, 6.07) is 1.14. The predicted molar refractivity (Wildman–Crippen MR) is 57.6 cm³/mol. The van der Waals surface area contributed by atoms with Crippen molar-refractivity contribution in [2.45, 2.75) is 37.8 Å². The van der Waals surface area contributed by atoms with Gasteiger partial charge >= 0.3 is 6.03 Å². The second-order valence-corrected chi connectivity index (χ2v) is 5.00. The van der Waals surface area contributed by atoms with Gasteiger partial charge in [0.15, 0.2) is 0 Å². The Kier molecular flexibility index (Phi) is 2.31. The van der Waals surface area contributed by atoms with Crippen LogP contribution in [0.15, 0.2) is 0 Å². The van der Waals surface area contributed by atoms with Gasteiger partial charge in [0, 0.05) is 25.2 Å². The fraction of sp³-hybridized carbons (Fsp3) is 0.909. The highest BCUT2D eigenvalue weighted by molar-refractivity contribution is 5.76. The van der Waals surface area contributed by atoms with Crippen LogP contribution in [-0.2, 0) is 0 Å². The minimum absolute atomic E-state index is 0.173. The van der Waals surface area contributed by atoms with Gasteiger partial charge in [-0.25, -0.2) is 4.79 Å². The van der Waals surface area contributed by atoms with E-state index in [0.717, 1.165) is 26.1 Å². The molecule has 0 bridgehead atoms. The highest BCUT2D eigenvalue weighted by Crippen LogP contribution is 2.34. The van der Waals surface area contributed by atoms with Crippen LogP contribution in [-0.4, -0.2) is 42.6 Å². The van der Waals surface area contributed by atoms with Crippen molar-refractivity contribution in [3.63, 3.8) is 0 Å². The molecule has 0 radical (unpaired) electrons. The molecule has 3 rings (SSSR count). The summed E-state index contributed by atoms with van der Waals surface area (Å²) in [5, 5.41) is 6.39. The molecule has 3 atom stereocenters. The zero-order chi connectivity index (χ0) is 10.3. The number of amides is 2. The summed E-state index contributed by atoms with van der Waals surface area (Å²) in [7, 11) is 0. The summed E-state index contributed by atoms with van der Waals surface area (Å²) >= 11 is 0. The smallest absolute Gasteiger partial charge is 0.317 e. The van der Waals surface area contributed by atoms with Crippen molar-refractivity contribution in [1.82, 2.24) is 15.5 Å². The number of urea groups is 1. The normalized spacial score (nSPS) is 40.4. The number of carbonyl (C=O) groups is 1. The SMILES string of the molecule is O=C1NCC2CCCC2N1C1CCNC1. The number of nitrogens with zero attached hydrogens (tertiary/aromatic N) is 1. The van der Waals surface area contributed by atoms with E-state index in [4.69, 9.17) is 0 Å². The van der Waals surface area contributed by atoms with Crippen molar-refractivity contribution >= 4 is 6.03 Å². The third kappa shape index (κ3) is 1.51. The average molecular weight is 209 g/mol. The maximum atomic E-state index is 11.9. The number of nitrogens with one attached hydrogen (secondary N) is 2. The summed E-state index contributed by atoms with van der Waals surface area (Å²) in [5.74, 6) is 0.711. The molecule has 0 aromatic rings. The molecule has 3 unspecified atom stereocenters. The van der Waals surface area contributed by atoms with Crippen LogP contribution in [0.3, 0.4) is 0 Å². The minimum Gasteiger partial charge on any atom is -0.338 e. The summed E-state index contributed by atoms with van der Waals surface area (Å²) in [5.41, 5.74) is 0. The van der Waals surface area contributed by atoms with E-state index in [1.165, 1.54) is 19.3 Å². The Bertz CT molecular complexity index is 263. The van der Waals surface area contributed by atoms with E-state index < -0.39 is 0 Å². The molecule has 15 heavy (non-hydrogen) atoms. The lowest BCUT2D eigenvalue weighted by molar-refractivity contribution is 0.108. The van der Waals surface area contributed by atoms with Gasteiger partial charge in [-0.15, -0.1) is 0 Å². The third-order valence-corrected chi connectivity index (χ3v) is 4.15. The van der Waals surface area contributed by atoms with Gasteiger partial charge < -0.3 is 15.5 Å². The Morgan fingerprint density at radius 1 is 1.20 bits per heavy atom. The molecule has 3 fully saturated rings. The van der Waals surface area contributed by atoms with Gasteiger partial charge in [0.05, 0.1) is 0 Å². The topological polar surface area (TPSA) is 44.4 Å². The first-order chi connectivity index (χ1) is 7.36. The van der Waals surface area contributed by atoms with E-state index in [-0.39, 0.29) is 6.03 Å². The van der Waals surface area contributed by atoms with Crippen LogP contribution < -0.4 is 10.6 Å². The van der Waals surface area contributed by atoms with E-state index in [1.54, 1.807) is 0 Å². The molecule has 0 spiro atoms. The predicted octanol–water partition coefficient (Wildman–Crippen LogP) is 0.542. The van der Waals surface area contributed by atoms with Crippen molar-refractivity contribution in [2.24, 2.45) is 5.92 Å². The Hall–Kier alpha value is -0.770. The molecule has 4 nitrogen and oxygen atoms in total. The first-order valence-corrected chi connectivity index (χ1v) is 6.13.